The van der Waals surface area contributed by atoms with Gasteiger partial charge in [-0.05, 0) is 78.9 Å². The number of carbonyl (C=O) groups is 1. The number of amides is 1. The van der Waals surface area contributed by atoms with E-state index in [4.69, 9.17) is 4.98 Å². The van der Waals surface area contributed by atoms with Crippen LogP contribution in [0, 0.1) is 34.0 Å². The summed E-state index contributed by atoms with van der Waals surface area (Å²) in [7, 11) is 0. The Hall–Kier alpha value is -2.57. The number of pyridine rings is 1. The SMILES string of the molecule is CC1CCC2NNCC2C1c1c(C#N)c(N2CCC3(CN(C(=O)/C=C/C(F)F)C3)C2)nc2c1CCC(C)(C)C2. The van der Waals surface area contributed by atoms with Gasteiger partial charge in [0, 0.05) is 56.0 Å². The van der Waals surface area contributed by atoms with E-state index in [0.29, 0.717) is 43.0 Å². The second kappa shape index (κ2) is 9.81. The number of alkyl halides is 2. The Kier molecular flexibility index (Phi) is 6.70. The standard InChI is InChI=1S/C30H40F2N6O/c1-18-4-5-22-21(14-34-36-22)26(18)27-19-8-9-29(2,3)12-23(19)35-28(20(27)13-33)37-11-10-30(15-37)16-38(17-30)25(39)7-6-24(31)32/h6-7,18,21-22,24,26,34,36H,4-5,8-12,14-17H2,1-3H3/b7-6+. The summed E-state index contributed by atoms with van der Waals surface area (Å²) in [5.41, 5.74) is 11.5. The highest BCUT2D eigenvalue weighted by atomic mass is 19.3. The van der Waals surface area contributed by atoms with Crippen molar-refractivity contribution in [3.63, 3.8) is 0 Å². The average Bonchev–Trinajstić information content (AvgIpc) is 3.52. The summed E-state index contributed by atoms with van der Waals surface area (Å²) in [6, 6.07) is 3.07. The van der Waals surface area contributed by atoms with E-state index in [-0.39, 0.29) is 16.7 Å². The normalized spacial score (nSPS) is 30.9. The molecule has 2 aliphatic carbocycles. The van der Waals surface area contributed by atoms with Crippen LogP contribution in [-0.2, 0) is 17.6 Å². The number of rotatable bonds is 4. The number of allylic oxidation sites excluding steroid dienone is 1. The minimum absolute atomic E-state index is 0.0689. The predicted octanol–water partition coefficient (Wildman–Crippen LogP) is 3.93. The maximum atomic E-state index is 12.5. The molecule has 9 heteroatoms. The number of carbonyl (C=O) groups excluding carboxylic acids is 1. The molecule has 4 fully saturated rings. The van der Waals surface area contributed by atoms with Gasteiger partial charge in [0.2, 0.25) is 5.91 Å². The van der Waals surface area contributed by atoms with Gasteiger partial charge in [-0.25, -0.2) is 13.8 Å². The molecule has 1 aromatic heterocycles. The van der Waals surface area contributed by atoms with Crippen molar-refractivity contribution in [2.75, 3.05) is 37.6 Å². The van der Waals surface area contributed by atoms with Gasteiger partial charge in [-0.3, -0.25) is 15.6 Å². The largest absolute Gasteiger partial charge is 0.355 e. The summed E-state index contributed by atoms with van der Waals surface area (Å²) in [5.74, 6) is 1.72. The molecule has 3 saturated heterocycles. The van der Waals surface area contributed by atoms with Crippen LogP contribution in [0.3, 0.4) is 0 Å². The lowest BCUT2D eigenvalue weighted by Gasteiger charge is -2.47. The Morgan fingerprint density at radius 3 is 2.77 bits per heavy atom. The number of nitrogens with one attached hydrogen (secondary N) is 2. The van der Waals surface area contributed by atoms with Crippen LogP contribution in [0.2, 0.25) is 0 Å². The summed E-state index contributed by atoms with van der Waals surface area (Å²) in [5, 5.41) is 10.7. The van der Waals surface area contributed by atoms with Crippen molar-refractivity contribution in [2.45, 2.75) is 77.7 Å². The van der Waals surface area contributed by atoms with E-state index < -0.39 is 6.43 Å². The van der Waals surface area contributed by atoms with Crippen LogP contribution in [0.1, 0.15) is 74.8 Å². The molecule has 210 valence electrons. The monoisotopic (exact) mass is 538 g/mol. The number of hydrogen-bond acceptors (Lipinski definition) is 6. The van der Waals surface area contributed by atoms with Crippen molar-refractivity contribution in [1.29, 1.82) is 5.26 Å². The fourth-order valence-corrected chi connectivity index (χ4v) is 8.13. The van der Waals surface area contributed by atoms with Gasteiger partial charge < -0.3 is 9.80 Å². The Bertz CT molecular complexity index is 1220. The molecule has 4 unspecified atom stereocenters. The van der Waals surface area contributed by atoms with E-state index in [9.17, 15) is 18.8 Å². The number of hydrogen-bond donors (Lipinski definition) is 2. The lowest BCUT2D eigenvalue weighted by molar-refractivity contribution is -0.136. The van der Waals surface area contributed by atoms with Gasteiger partial charge in [0.15, 0.2) is 0 Å². The first-order chi connectivity index (χ1) is 18.6. The molecule has 6 rings (SSSR count). The van der Waals surface area contributed by atoms with Crippen LogP contribution in [0.4, 0.5) is 14.6 Å². The molecule has 0 bridgehead atoms. The molecular weight excluding hydrogens is 498 g/mol. The third-order valence-corrected chi connectivity index (χ3v) is 10.2. The minimum Gasteiger partial charge on any atom is -0.355 e. The summed E-state index contributed by atoms with van der Waals surface area (Å²) >= 11 is 0. The lowest BCUT2D eigenvalue weighted by atomic mass is 9.64. The van der Waals surface area contributed by atoms with Crippen molar-refractivity contribution >= 4 is 11.7 Å². The average molecular weight is 539 g/mol. The van der Waals surface area contributed by atoms with Crippen molar-refractivity contribution in [3.05, 3.63) is 34.5 Å². The van der Waals surface area contributed by atoms with Gasteiger partial charge in [-0.2, -0.15) is 5.26 Å². The molecular formula is C30H40F2N6O. The first kappa shape index (κ1) is 26.6. The molecule has 4 heterocycles. The zero-order valence-corrected chi connectivity index (χ0v) is 23.3. The number of anilines is 1. The Labute approximate surface area is 230 Å². The summed E-state index contributed by atoms with van der Waals surface area (Å²) in [6.45, 7) is 10.5. The Morgan fingerprint density at radius 2 is 2.03 bits per heavy atom. The topological polar surface area (TPSA) is 84.3 Å². The molecule has 39 heavy (non-hydrogen) atoms. The third-order valence-electron chi connectivity index (χ3n) is 10.2. The highest BCUT2D eigenvalue weighted by molar-refractivity contribution is 5.88. The van der Waals surface area contributed by atoms with Gasteiger partial charge >= 0.3 is 0 Å². The van der Waals surface area contributed by atoms with E-state index in [1.807, 2.05) is 0 Å². The maximum Gasteiger partial charge on any atom is 0.257 e. The number of nitrogens with zero attached hydrogens (tertiary/aromatic N) is 4. The molecule has 1 aromatic rings. The number of hydrazine groups is 1. The van der Waals surface area contributed by atoms with Crippen LogP contribution in [0.25, 0.3) is 0 Å². The van der Waals surface area contributed by atoms with Crippen molar-refractivity contribution in [2.24, 2.45) is 22.7 Å². The van der Waals surface area contributed by atoms with Crippen LogP contribution in [-0.4, -0.2) is 61.0 Å². The molecule has 1 amide bonds. The lowest BCUT2D eigenvalue weighted by Crippen LogP contribution is -2.59. The van der Waals surface area contributed by atoms with Gasteiger partial charge in [0.1, 0.15) is 11.9 Å². The molecule has 7 nitrogen and oxygen atoms in total. The van der Waals surface area contributed by atoms with Gasteiger partial charge in [0.25, 0.3) is 6.43 Å². The molecule has 4 atom stereocenters. The van der Waals surface area contributed by atoms with Crippen LogP contribution in [0.5, 0.6) is 0 Å². The van der Waals surface area contributed by atoms with Gasteiger partial charge in [-0.1, -0.05) is 20.8 Å². The molecule has 5 aliphatic rings. The van der Waals surface area contributed by atoms with E-state index in [1.54, 1.807) is 4.90 Å². The number of halogens is 2. The van der Waals surface area contributed by atoms with E-state index in [0.717, 1.165) is 81.3 Å². The zero-order valence-electron chi connectivity index (χ0n) is 23.3. The summed E-state index contributed by atoms with van der Waals surface area (Å²) < 4.78 is 25.0. The van der Waals surface area contributed by atoms with Gasteiger partial charge in [0.05, 0.1) is 5.56 Å². The van der Waals surface area contributed by atoms with E-state index in [2.05, 4.69) is 42.6 Å². The molecule has 1 saturated carbocycles. The van der Waals surface area contributed by atoms with Gasteiger partial charge in [-0.15, -0.1) is 0 Å². The highest BCUT2D eigenvalue weighted by Gasteiger charge is 2.50. The number of nitriles is 1. The first-order valence-electron chi connectivity index (χ1n) is 14.5. The number of fused-ring (bicyclic) bond motifs is 2. The second-order valence-electron chi connectivity index (χ2n) is 13.5. The molecule has 0 radical (unpaired) electrons. The van der Waals surface area contributed by atoms with Crippen LogP contribution < -0.4 is 15.8 Å². The van der Waals surface area contributed by atoms with Crippen molar-refractivity contribution in [1.82, 2.24) is 20.7 Å². The Morgan fingerprint density at radius 1 is 1.23 bits per heavy atom. The number of aromatic nitrogens is 1. The van der Waals surface area contributed by atoms with Crippen LogP contribution in [0.15, 0.2) is 12.2 Å². The maximum absolute atomic E-state index is 12.5. The molecule has 2 N–H and O–H groups in total. The molecule has 1 spiro atoms. The molecule has 3 aliphatic heterocycles. The second-order valence-corrected chi connectivity index (χ2v) is 13.5. The fourth-order valence-electron chi connectivity index (χ4n) is 8.13. The van der Waals surface area contributed by atoms with Crippen LogP contribution >= 0.6 is 0 Å². The zero-order chi connectivity index (χ0) is 27.5. The third kappa shape index (κ3) is 4.74. The predicted molar refractivity (Wildman–Crippen MR) is 145 cm³/mol. The smallest absolute Gasteiger partial charge is 0.257 e. The number of likely N-dealkylation sites (tertiary alicyclic amines) is 1. The highest BCUT2D eigenvalue weighted by Crippen LogP contribution is 2.50. The van der Waals surface area contributed by atoms with E-state index >= 15 is 0 Å². The quantitative estimate of drug-likeness (QED) is 0.565. The summed E-state index contributed by atoms with van der Waals surface area (Å²) in [6.07, 6.45) is 5.19. The first-order valence-corrected chi connectivity index (χ1v) is 14.5. The minimum atomic E-state index is -2.62. The van der Waals surface area contributed by atoms with Crippen molar-refractivity contribution < 1.29 is 13.6 Å². The van der Waals surface area contributed by atoms with E-state index in [1.165, 1.54) is 11.1 Å². The summed E-state index contributed by atoms with van der Waals surface area (Å²) in [4.78, 5) is 21.5. The fraction of sp³-hybridized carbons (Fsp3) is 0.700. The van der Waals surface area contributed by atoms with Crippen molar-refractivity contribution in [3.8, 4) is 6.07 Å². The molecule has 0 aromatic carbocycles. The Balaban J connectivity index is 1.34.